The number of hydrogen-bond acceptors (Lipinski definition) is 3. The number of carbonyl (C=O) groups is 1. The van der Waals surface area contributed by atoms with Gasteiger partial charge in [-0.1, -0.05) is 0 Å². The second-order valence-corrected chi connectivity index (χ2v) is 4.00. The van der Waals surface area contributed by atoms with Gasteiger partial charge in [-0.15, -0.1) is 0 Å². The number of nitrogens with two attached hydrogens (primary N) is 1. The zero-order valence-corrected chi connectivity index (χ0v) is 8.66. The van der Waals surface area contributed by atoms with E-state index in [1.807, 2.05) is 0 Å². The van der Waals surface area contributed by atoms with Crippen LogP contribution in [0.15, 0.2) is 12.1 Å². The lowest BCUT2D eigenvalue weighted by molar-refractivity contribution is 0.0692. The largest absolute Gasteiger partial charge is 0.478 e. The number of anilines is 2. The second kappa shape index (κ2) is 4.00. The quantitative estimate of drug-likeness (QED) is 0.687. The molecule has 0 saturated heterocycles. The van der Waals surface area contributed by atoms with Gasteiger partial charge in [0.1, 0.15) is 5.82 Å². The summed E-state index contributed by atoms with van der Waals surface area (Å²) in [6.07, 6.45) is 3.25. The molecule has 1 aromatic rings. The van der Waals surface area contributed by atoms with E-state index in [4.69, 9.17) is 10.8 Å². The topological polar surface area (TPSA) is 75.4 Å². The summed E-state index contributed by atoms with van der Waals surface area (Å²) in [5.74, 6) is -2.07. The summed E-state index contributed by atoms with van der Waals surface area (Å²) in [5, 5.41) is 11.8. The van der Waals surface area contributed by atoms with E-state index in [0.29, 0.717) is 11.7 Å². The molecule has 1 aliphatic carbocycles. The van der Waals surface area contributed by atoms with Crippen molar-refractivity contribution in [3.63, 3.8) is 0 Å². The second-order valence-electron chi connectivity index (χ2n) is 4.00. The van der Waals surface area contributed by atoms with E-state index >= 15 is 0 Å². The number of carboxylic acids is 1. The van der Waals surface area contributed by atoms with Gasteiger partial charge < -0.3 is 16.2 Å². The first kappa shape index (κ1) is 10.7. The van der Waals surface area contributed by atoms with Crippen LogP contribution in [0.25, 0.3) is 0 Å². The fraction of sp³-hybridized carbons (Fsp3) is 0.364. The number of hydrogen-bond donors (Lipinski definition) is 3. The zero-order valence-electron chi connectivity index (χ0n) is 8.66. The van der Waals surface area contributed by atoms with Crippen molar-refractivity contribution in [2.45, 2.75) is 25.3 Å². The van der Waals surface area contributed by atoms with Gasteiger partial charge in [0.2, 0.25) is 0 Å². The van der Waals surface area contributed by atoms with Crippen molar-refractivity contribution < 1.29 is 14.3 Å². The van der Waals surface area contributed by atoms with Crippen molar-refractivity contribution in [2.75, 3.05) is 11.1 Å². The number of carboxylic acid groups (broad SMARTS) is 1. The first-order valence-electron chi connectivity index (χ1n) is 5.17. The van der Waals surface area contributed by atoms with Gasteiger partial charge in [0.25, 0.3) is 0 Å². The van der Waals surface area contributed by atoms with Crippen molar-refractivity contribution in [3.8, 4) is 0 Å². The Morgan fingerprint density at radius 2 is 2.19 bits per heavy atom. The van der Waals surface area contributed by atoms with Gasteiger partial charge in [0, 0.05) is 6.04 Å². The number of nitrogen functional groups attached to an aromatic ring is 1. The summed E-state index contributed by atoms with van der Waals surface area (Å²) >= 11 is 0. The highest BCUT2D eigenvalue weighted by molar-refractivity contribution is 5.90. The van der Waals surface area contributed by atoms with Crippen molar-refractivity contribution in [1.29, 1.82) is 0 Å². The molecule has 0 radical (unpaired) electrons. The van der Waals surface area contributed by atoms with E-state index in [9.17, 15) is 9.18 Å². The number of benzene rings is 1. The van der Waals surface area contributed by atoms with E-state index < -0.39 is 17.3 Å². The molecule has 0 spiro atoms. The first-order valence-corrected chi connectivity index (χ1v) is 5.17. The number of aromatic carboxylic acids is 1. The zero-order chi connectivity index (χ0) is 11.7. The van der Waals surface area contributed by atoms with Crippen LogP contribution in [-0.4, -0.2) is 17.1 Å². The summed E-state index contributed by atoms with van der Waals surface area (Å²) < 4.78 is 13.4. The minimum atomic E-state index is -1.31. The third kappa shape index (κ3) is 1.93. The molecular formula is C11H13FN2O2. The molecule has 0 heterocycles. The summed E-state index contributed by atoms with van der Waals surface area (Å²) in [6, 6.07) is 2.63. The molecule has 0 bridgehead atoms. The van der Waals surface area contributed by atoms with Crippen LogP contribution < -0.4 is 11.1 Å². The molecule has 1 aromatic carbocycles. The Bertz CT molecular complexity index is 430. The summed E-state index contributed by atoms with van der Waals surface area (Å²) in [4.78, 5) is 10.7. The number of rotatable bonds is 3. The van der Waals surface area contributed by atoms with Gasteiger partial charge in [0.05, 0.1) is 16.9 Å². The smallest absolute Gasteiger partial charge is 0.338 e. The Balaban J connectivity index is 2.25. The Labute approximate surface area is 92.3 Å². The lowest BCUT2D eigenvalue weighted by Crippen LogP contribution is -2.27. The van der Waals surface area contributed by atoms with Crippen LogP contribution in [0.2, 0.25) is 0 Å². The van der Waals surface area contributed by atoms with Crippen LogP contribution in [0.5, 0.6) is 0 Å². The summed E-state index contributed by atoms with van der Waals surface area (Å²) in [5.41, 5.74) is 6.02. The van der Waals surface area contributed by atoms with Gasteiger partial charge in [0.15, 0.2) is 0 Å². The van der Waals surface area contributed by atoms with Crippen molar-refractivity contribution in [3.05, 3.63) is 23.5 Å². The van der Waals surface area contributed by atoms with E-state index in [2.05, 4.69) is 5.32 Å². The average molecular weight is 224 g/mol. The van der Waals surface area contributed by atoms with Crippen molar-refractivity contribution in [1.82, 2.24) is 0 Å². The Morgan fingerprint density at radius 1 is 1.50 bits per heavy atom. The molecule has 86 valence electrons. The van der Waals surface area contributed by atoms with Crippen molar-refractivity contribution in [2.24, 2.45) is 0 Å². The van der Waals surface area contributed by atoms with Crippen LogP contribution in [0.4, 0.5) is 15.8 Å². The molecular weight excluding hydrogens is 211 g/mol. The molecule has 1 saturated carbocycles. The maximum Gasteiger partial charge on any atom is 0.338 e. The third-order valence-electron chi connectivity index (χ3n) is 2.83. The van der Waals surface area contributed by atoms with Gasteiger partial charge in [-0.05, 0) is 31.4 Å². The fourth-order valence-electron chi connectivity index (χ4n) is 1.65. The Hall–Kier alpha value is -1.78. The van der Waals surface area contributed by atoms with Crippen LogP contribution in [-0.2, 0) is 0 Å². The van der Waals surface area contributed by atoms with E-state index in [1.54, 1.807) is 0 Å². The lowest BCUT2D eigenvalue weighted by Gasteiger charge is -2.28. The molecule has 16 heavy (non-hydrogen) atoms. The van der Waals surface area contributed by atoms with Gasteiger partial charge in [-0.2, -0.15) is 0 Å². The molecule has 0 unspecified atom stereocenters. The highest BCUT2D eigenvalue weighted by atomic mass is 19.1. The van der Waals surface area contributed by atoms with E-state index in [-0.39, 0.29) is 5.69 Å². The van der Waals surface area contributed by atoms with Crippen LogP contribution in [0.3, 0.4) is 0 Å². The molecule has 5 heteroatoms. The molecule has 0 amide bonds. The summed E-state index contributed by atoms with van der Waals surface area (Å²) in [6.45, 7) is 0. The average Bonchev–Trinajstić information content (AvgIpc) is 2.15. The molecule has 1 aliphatic rings. The number of nitrogens with one attached hydrogen (secondary N) is 1. The summed E-state index contributed by atoms with van der Waals surface area (Å²) in [7, 11) is 0. The minimum absolute atomic E-state index is 0.269. The van der Waals surface area contributed by atoms with E-state index in [1.165, 1.54) is 0 Å². The van der Waals surface area contributed by atoms with Crippen LogP contribution >= 0.6 is 0 Å². The molecule has 0 aliphatic heterocycles. The number of halogens is 1. The Kier molecular flexibility index (Phi) is 2.68. The molecule has 0 atom stereocenters. The normalized spacial score (nSPS) is 15.6. The monoisotopic (exact) mass is 224 g/mol. The van der Waals surface area contributed by atoms with Crippen LogP contribution in [0, 0.1) is 5.82 Å². The Morgan fingerprint density at radius 3 is 2.69 bits per heavy atom. The predicted molar refractivity (Wildman–Crippen MR) is 59.0 cm³/mol. The highest BCUT2D eigenvalue weighted by Crippen LogP contribution is 2.28. The fourth-order valence-corrected chi connectivity index (χ4v) is 1.65. The molecule has 2 rings (SSSR count). The minimum Gasteiger partial charge on any atom is -0.478 e. The standard InChI is InChI=1S/C11H13FN2O2/c12-8-5-10(14-6-2-1-3-6)9(13)4-7(8)11(15)16/h4-6,14H,1-3,13H2,(H,15,16). The van der Waals surface area contributed by atoms with Crippen molar-refractivity contribution >= 4 is 17.3 Å². The lowest BCUT2D eigenvalue weighted by atomic mass is 9.93. The maximum atomic E-state index is 13.4. The molecule has 4 N–H and O–H groups in total. The first-order chi connectivity index (χ1) is 7.58. The predicted octanol–water partition coefficient (Wildman–Crippen LogP) is 2.07. The maximum absolute atomic E-state index is 13.4. The SMILES string of the molecule is Nc1cc(C(=O)O)c(F)cc1NC1CCC1. The highest BCUT2D eigenvalue weighted by Gasteiger charge is 2.19. The third-order valence-corrected chi connectivity index (χ3v) is 2.83. The van der Waals surface area contributed by atoms with Gasteiger partial charge in [-0.3, -0.25) is 0 Å². The van der Waals surface area contributed by atoms with Gasteiger partial charge in [-0.25, -0.2) is 9.18 Å². The van der Waals surface area contributed by atoms with Gasteiger partial charge >= 0.3 is 5.97 Å². The molecule has 1 fully saturated rings. The van der Waals surface area contributed by atoms with Crippen LogP contribution in [0.1, 0.15) is 29.6 Å². The molecule has 0 aromatic heterocycles. The molecule has 4 nitrogen and oxygen atoms in total. The van der Waals surface area contributed by atoms with E-state index in [0.717, 1.165) is 31.4 Å².